The Balaban J connectivity index is 2.72. The molecule has 5 heteroatoms. The van der Waals surface area contributed by atoms with Crippen molar-refractivity contribution >= 4 is 19.7 Å². The summed E-state index contributed by atoms with van der Waals surface area (Å²) >= 11 is 0. The smallest absolute Gasteiger partial charge is 0.323 e. The molecule has 0 fully saturated rings. The predicted octanol–water partition coefficient (Wildman–Crippen LogP) is 3.23. The number of aryl methyl sites for hydroxylation is 1. The van der Waals surface area contributed by atoms with Gasteiger partial charge in [0.05, 0.1) is 18.0 Å². The normalized spacial score (nSPS) is 11.5. The SMILES string of the molecule is Cc1nc(C#CC(C)(C)C(=O)OCC[Si](C)(C)C)ccc1N. The van der Waals surface area contributed by atoms with Gasteiger partial charge < -0.3 is 10.5 Å². The van der Waals surface area contributed by atoms with Gasteiger partial charge in [-0.1, -0.05) is 25.6 Å². The van der Waals surface area contributed by atoms with Crippen LogP contribution in [-0.4, -0.2) is 25.6 Å². The summed E-state index contributed by atoms with van der Waals surface area (Å²) in [5, 5.41) is 0. The van der Waals surface area contributed by atoms with E-state index in [1.54, 1.807) is 26.0 Å². The van der Waals surface area contributed by atoms with Crippen molar-refractivity contribution in [2.75, 3.05) is 12.3 Å². The highest BCUT2D eigenvalue weighted by molar-refractivity contribution is 6.76. The number of hydrogen-bond donors (Lipinski definition) is 1. The number of nitrogens with zero attached hydrogens (tertiary/aromatic N) is 1. The lowest BCUT2D eigenvalue weighted by molar-refractivity contribution is -0.150. The molecule has 0 radical (unpaired) electrons. The van der Waals surface area contributed by atoms with Crippen LogP contribution in [0.1, 0.15) is 25.2 Å². The van der Waals surface area contributed by atoms with E-state index < -0.39 is 13.5 Å². The van der Waals surface area contributed by atoms with Crippen LogP contribution in [0.2, 0.25) is 25.7 Å². The standard InChI is InChI=1S/C17H26N2O2Si/c1-13-15(18)8-7-14(19-13)9-10-17(2,3)16(20)21-11-12-22(4,5)6/h7-8H,11-12,18H2,1-6H3. The van der Waals surface area contributed by atoms with E-state index in [1.807, 2.05) is 6.92 Å². The first-order chi connectivity index (χ1) is 10.0. The first-order valence-electron chi connectivity index (χ1n) is 7.45. The molecule has 120 valence electrons. The number of carbonyl (C=O) groups excluding carboxylic acids is 1. The van der Waals surface area contributed by atoms with Gasteiger partial charge in [0.1, 0.15) is 11.1 Å². The molecule has 22 heavy (non-hydrogen) atoms. The van der Waals surface area contributed by atoms with E-state index in [1.165, 1.54) is 0 Å². The Kier molecular flexibility index (Phi) is 5.78. The van der Waals surface area contributed by atoms with Gasteiger partial charge in [-0.15, -0.1) is 0 Å². The van der Waals surface area contributed by atoms with Crippen LogP contribution in [0.4, 0.5) is 5.69 Å². The fourth-order valence-electron chi connectivity index (χ4n) is 1.54. The summed E-state index contributed by atoms with van der Waals surface area (Å²) in [6, 6.07) is 4.48. The van der Waals surface area contributed by atoms with Crippen LogP contribution in [0.15, 0.2) is 12.1 Å². The third-order valence-corrected chi connectivity index (χ3v) is 4.93. The molecule has 0 amide bonds. The van der Waals surface area contributed by atoms with Crippen molar-refractivity contribution in [2.45, 2.75) is 46.5 Å². The number of esters is 1. The van der Waals surface area contributed by atoms with Crippen LogP contribution in [0.3, 0.4) is 0 Å². The van der Waals surface area contributed by atoms with Crippen LogP contribution in [-0.2, 0) is 9.53 Å². The summed E-state index contributed by atoms with van der Waals surface area (Å²) in [5.41, 5.74) is 6.86. The molecule has 0 unspecified atom stereocenters. The molecule has 1 aromatic heterocycles. The number of anilines is 1. The van der Waals surface area contributed by atoms with E-state index in [-0.39, 0.29) is 5.97 Å². The van der Waals surface area contributed by atoms with Crippen LogP contribution in [0.5, 0.6) is 0 Å². The summed E-state index contributed by atoms with van der Waals surface area (Å²) < 4.78 is 5.37. The molecular weight excluding hydrogens is 292 g/mol. The highest BCUT2D eigenvalue weighted by Gasteiger charge is 2.27. The number of nitrogen functional groups attached to an aromatic ring is 1. The summed E-state index contributed by atoms with van der Waals surface area (Å²) in [4.78, 5) is 16.4. The van der Waals surface area contributed by atoms with Gasteiger partial charge in [0.25, 0.3) is 0 Å². The number of carbonyl (C=O) groups is 1. The van der Waals surface area contributed by atoms with Gasteiger partial charge in [-0.25, -0.2) is 4.98 Å². The molecule has 0 aromatic carbocycles. The lowest BCUT2D eigenvalue weighted by Crippen LogP contribution is -2.28. The average Bonchev–Trinajstić information content (AvgIpc) is 2.38. The van der Waals surface area contributed by atoms with E-state index >= 15 is 0 Å². The molecule has 0 atom stereocenters. The summed E-state index contributed by atoms with van der Waals surface area (Å²) in [6.07, 6.45) is 0. The highest BCUT2D eigenvalue weighted by atomic mass is 28.3. The number of pyridine rings is 1. The predicted molar refractivity (Wildman–Crippen MR) is 93.2 cm³/mol. The van der Waals surface area contributed by atoms with E-state index in [0.29, 0.717) is 18.0 Å². The minimum absolute atomic E-state index is 0.287. The quantitative estimate of drug-likeness (QED) is 0.526. The minimum Gasteiger partial charge on any atom is -0.465 e. The van der Waals surface area contributed by atoms with Gasteiger partial charge in [0.2, 0.25) is 0 Å². The Morgan fingerprint density at radius 2 is 2.00 bits per heavy atom. The number of nitrogens with two attached hydrogens (primary N) is 1. The molecule has 0 aliphatic rings. The fourth-order valence-corrected chi connectivity index (χ4v) is 2.26. The topological polar surface area (TPSA) is 65.2 Å². The molecular formula is C17H26N2O2Si. The van der Waals surface area contributed by atoms with Crippen LogP contribution in [0, 0.1) is 24.2 Å². The molecule has 0 bridgehead atoms. The zero-order chi connectivity index (χ0) is 17.0. The third-order valence-electron chi connectivity index (χ3n) is 3.23. The van der Waals surface area contributed by atoms with Crippen molar-refractivity contribution in [1.82, 2.24) is 4.98 Å². The third kappa shape index (κ3) is 5.90. The van der Waals surface area contributed by atoms with Crippen LogP contribution >= 0.6 is 0 Å². The Bertz CT molecular complexity index is 607. The molecule has 0 aliphatic heterocycles. The maximum absolute atomic E-state index is 12.1. The van der Waals surface area contributed by atoms with E-state index in [9.17, 15) is 4.79 Å². The number of hydrogen-bond acceptors (Lipinski definition) is 4. The molecule has 0 spiro atoms. The average molecular weight is 318 g/mol. The minimum atomic E-state index is -1.20. The molecule has 0 saturated heterocycles. The van der Waals surface area contributed by atoms with Crippen molar-refractivity contribution in [2.24, 2.45) is 5.41 Å². The van der Waals surface area contributed by atoms with Gasteiger partial charge in [-0.3, -0.25) is 4.79 Å². The van der Waals surface area contributed by atoms with E-state index in [0.717, 1.165) is 11.7 Å². The second kappa shape index (κ2) is 6.97. The van der Waals surface area contributed by atoms with Gasteiger partial charge >= 0.3 is 5.97 Å². The fraction of sp³-hybridized carbons (Fsp3) is 0.529. The Morgan fingerprint density at radius 3 is 2.55 bits per heavy atom. The maximum Gasteiger partial charge on any atom is 0.323 e. The first-order valence-corrected chi connectivity index (χ1v) is 11.2. The number of rotatable bonds is 4. The lowest BCUT2D eigenvalue weighted by atomic mass is 9.94. The Labute approximate surface area is 134 Å². The zero-order valence-corrected chi connectivity index (χ0v) is 15.4. The summed E-state index contributed by atoms with van der Waals surface area (Å²) in [7, 11) is -1.20. The Hall–Kier alpha value is -1.80. The molecule has 0 aliphatic carbocycles. The number of aromatic nitrogens is 1. The van der Waals surface area contributed by atoms with E-state index in [4.69, 9.17) is 10.5 Å². The van der Waals surface area contributed by atoms with Crippen molar-refractivity contribution in [3.8, 4) is 11.8 Å². The van der Waals surface area contributed by atoms with Crippen LogP contribution < -0.4 is 5.73 Å². The van der Waals surface area contributed by atoms with Gasteiger partial charge in [-0.2, -0.15) is 0 Å². The molecule has 2 N–H and O–H groups in total. The summed E-state index contributed by atoms with van der Waals surface area (Å²) in [6.45, 7) is 12.6. The molecule has 1 heterocycles. The summed E-state index contributed by atoms with van der Waals surface area (Å²) in [5.74, 6) is 5.60. The molecule has 4 nitrogen and oxygen atoms in total. The van der Waals surface area contributed by atoms with Crippen molar-refractivity contribution in [3.05, 3.63) is 23.5 Å². The van der Waals surface area contributed by atoms with Crippen LogP contribution in [0.25, 0.3) is 0 Å². The van der Waals surface area contributed by atoms with Gasteiger partial charge in [0, 0.05) is 8.07 Å². The molecule has 1 rings (SSSR count). The van der Waals surface area contributed by atoms with Gasteiger partial charge in [-0.05, 0) is 44.9 Å². The second-order valence-electron chi connectivity index (χ2n) is 7.19. The highest BCUT2D eigenvalue weighted by Crippen LogP contribution is 2.18. The Morgan fingerprint density at radius 1 is 1.36 bits per heavy atom. The zero-order valence-electron chi connectivity index (χ0n) is 14.4. The maximum atomic E-state index is 12.1. The second-order valence-corrected chi connectivity index (χ2v) is 12.8. The molecule has 1 aromatic rings. The van der Waals surface area contributed by atoms with Crippen molar-refractivity contribution < 1.29 is 9.53 Å². The van der Waals surface area contributed by atoms with Crippen molar-refractivity contribution in [3.63, 3.8) is 0 Å². The largest absolute Gasteiger partial charge is 0.465 e. The monoisotopic (exact) mass is 318 g/mol. The van der Waals surface area contributed by atoms with Crippen molar-refractivity contribution in [1.29, 1.82) is 0 Å². The van der Waals surface area contributed by atoms with Gasteiger partial charge in [0.15, 0.2) is 0 Å². The first kappa shape index (κ1) is 18.2. The molecule has 0 saturated carbocycles. The van der Waals surface area contributed by atoms with E-state index in [2.05, 4.69) is 36.5 Å². The lowest BCUT2D eigenvalue weighted by Gasteiger charge is -2.19. The number of ether oxygens (including phenoxy) is 1.